The molecule has 0 radical (unpaired) electrons. The summed E-state index contributed by atoms with van der Waals surface area (Å²) >= 11 is 6.46. The van der Waals surface area contributed by atoms with Crippen LogP contribution in [0.1, 0.15) is 44.7 Å². The van der Waals surface area contributed by atoms with Crippen molar-refractivity contribution in [2.24, 2.45) is 18.9 Å². The van der Waals surface area contributed by atoms with Crippen molar-refractivity contribution in [2.75, 3.05) is 0 Å². The van der Waals surface area contributed by atoms with Gasteiger partial charge in [-0.05, 0) is 50.0 Å². The van der Waals surface area contributed by atoms with Gasteiger partial charge in [0.25, 0.3) is 0 Å². The van der Waals surface area contributed by atoms with Gasteiger partial charge in [-0.1, -0.05) is 13.3 Å². The number of halogens is 1. The third-order valence-electron chi connectivity index (χ3n) is 4.27. The summed E-state index contributed by atoms with van der Waals surface area (Å²) < 4.78 is 1.98. The number of alkyl halides is 1. The first-order chi connectivity index (χ1) is 8.20. The van der Waals surface area contributed by atoms with Crippen LogP contribution in [0, 0.1) is 11.8 Å². The number of rotatable bonds is 4. The van der Waals surface area contributed by atoms with Gasteiger partial charge in [-0.3, -0.25) is 4.68 Å². The molecule has 0 amide bonds. The van der Waals surface area contributed by atoms with Crippen molar-refractivity contribution >= 4 is 11.6 Å². The van der Waals surface area contributed by atoms with Crippen molar-refractivity contribution in [2.45, 2.75) is 50.8 Å². The van der Waals surface area contributed by atoms with Crippen LogP contribution in [0.5, 0.6) is 0 Å². The Morgan fingerprint density at radius 2 is 2.29 bits per heavy atom. The molecule has 3 atom stereocenters. The highest BCUT2D eigenvalue weighted by Crippen LogP contribution is 2.36. The third kappa shape index (κ3) is 3.25. The van der Waals surface area contributed by atoms with Gasteiger partial charge in [0.2, 0.25) is 0 Å². The monoisotopic (exact) mass is 254 g/mol. The van der Waals surface area contributed by atoms with E-state index in [0.29, 0.717) is 11.3 Å². The van der Waals surface area contributed by atoms with Gasteiger partial charge in [0.15, 0.2) is 0 Å². The van der Waals surface area contributed by atoms with Crippen molar-refractivity contribution in [1.29, 1.82) is 0 Å². The lowest BCUT2D eigenvalue weighted by atomic mass is 9.78. The fraction of sp³-hybridized carbons (Fsp3) is 0.786. The Hall–Kier alpha value is -0.500. The largest absolute Gasteiger partial charge is 0.273 e. The molecule has 0 aromatic carbocycles. The van der Waals surface area contributed by atoms with Gasteiger partial charge in [0, 0.05) is 24.3 Å². The van der Waals surface area contributed by atoms with E-state index in [2.05, 4.69) is 18.1 Å². The van der Waals surface area contributed by atoms with Gasteiger partial charge in [-0.2, -0.15) is 5.10 Å². The number of aromatic nitrogens is 2. The standard InChI is InChI=1S/C14H23ClN2/c1-3-11-4-7-14(15)12(10-11)5-6-13-8-9-16-17(13)2/h8-9,11-12,14H,3-7,10H2,1-2H3. The van der Waals surface area contributed by atoms with Crippen LogP contribution in [0.25, 0.3) is 0 Å². The molecule has 1 fully saturated rings. The van der Waals surface area contributed by atoms with Crippen molar-refractivity contribution < 1.29 is 0 Å². The molecule has 1 aromatic heterocycles. The van der Waals surface area contributed by atoms with E-state index >= 15 is 0 Å². The maximum Gasteiger partial charge on any atom is 0.0492 e. The Bertz CT molecular complexity index is 348. The molecule has 96 valence electrons. The first-order valence-electron chi connectivity index (χ1n) is 6.81. The molecule has 0 aliphatic heterocycles. The molecule has 1 aliphatic rings. The van der Waals surface area contributed by atoms with E-state index in [-0.39, 0.29) is 0 Å². The minimum Gasteiger partial charge on any atom is -0.273 e. The summed E-state index contributed by atoms with van der Waals surface area (Å²) in [7, 11) is 2.02. The first-order valence-corrected chi connectivity index (χ1v) is 7.25. The van der Waals surface area contributed by atoms with Gasteiger partial charge in [-0.15, -0.1) is 11.6 Å². The molecule has 3 unspecified atom stereocenters. The first kappa shape index (κ1) is 12.9. The minimum atomic E-state index is 0.394. The lowest BCUT2D eigenvalue weighted by Gasteiger charge is -2.32. The topological polar surface area (TPSA) is 17.8 Å². The molecule has 1 heterocycles. The molecule has 0 bridgehead atoms. The maximum atomic E-state index is 6.46. The van der Waals surface area contributed by atoms with Crippen LogP contribution in [-0.4, -0.2) is 15.2 Å². The Morgan fingerprint density at radius 3 is 2.94 bits per heavy atom. The zero-order valence-corrected chi connectivity index (χ0v) is 11.7. The van der Waals surface area contributed by atoms with Crippen LogP contribution in [0.4, 0.5) is 0 Å². The molecule has 0 spiro atoms. The quantitative estimate of drug-likeness (QED) is 0.748. The van der Waals surface area contributed by atoms with Crippen LogP contribution in [0.15, 0.2) is 12.3 Å². The van der Waals surface area contributed by atoms with Crippen LogP contribution in [0.3, 0.4) is 0 Å². The maximum absolute atomic E-state index is 6.46. The second kappa shape index (κ2) is 5.90. The van der Waals surface area contributed by atoms with E-state index in [9.17, 15) is 0 Å². The van der Waals surface area contributed by atoms with Crippen LogP contribution >= 0.6 is 11.6 Å². The highest BCUT2D eigenvalue weighted by molar-refractivity contribution is 6.20. The summed E-state index contributed by atoms with van der Waals surface area (Å²) in [4.78, 5) is 0. The molecule has 17 heavy (non-hydrogen) atoms. The third-order valence-corrected chi connectivity index (χ3v) is 4.84. The van der Waals surface area contributed by atoms with Crippen molar-refractivity contribution in [3.8, 4) is 0 Å². The molecule has 0 N–H and O–H groups in total. The van der Waals surface area contributed by atoms with E-state index < -0.39 is 0 Å². The van der Waals surface area contributed by atoms with Crippen molar-refractivity contribution in [1.82, 2.24) is 9.78 Å². The normalized spacial score (nSPS) is 29.5. The zero-order chi connectivity index (χ0) is 12.3. The lowest BCUT2D eigenvalue weighted by molar-refractivity contribution is 0.254. The Balaban J connectivity index is 1.87. The molecule has 2 nitrogen and oxygen atoms in total. The van der Waals surface area contributed by atoms with E-state index in [0.717, 1.165) is 12.3 Å². The number of aryl methyl sites for hydroxylation is 2. The summed E-state index contributed by atoms with van der Waals surface area (Å²) in [6.45, 7) is 2.30. The van der Waals surface area contributed by atoms with E-state index in [1.54, 1.807) is 0 Å². The zero-order valence-electron chi connectivity index (χ0n) is 10.9. The fourth-order valence-electron chi connectivity index (χ4n) is 2.97. The smallest absolute Gasteiger partial charge is 0.0492 e. The molecule has 2 rings (SSSR count). The summed E-state index contributed by atoms with van der Waals surface area (Å²) in [6, 6.07) is 2.11. The summed E-state index contributed by atoms with van der Waals surface area (Å²) in [6.07, 6.45) is 9.37. The highest BCUT2D eigenvalue weighted by atomic mass is 35.5. The summed E-state index contributed by atoms with van der Waals surface area (Å²) in [5, 5.41) is 4.61. The van der Waals surface area contributed by atoms with Gasteiger partial charge in [0.05, 0.1) is 0 Å². The molecular formula is C14H23ClN2. The molecule has 1 aliphatic carbocycles. The minimum absolute atomic E-state index is 0.394. The average molecular weight is 255 g/mol. The van der Waals surface area contributed by atoms with E-state index in [4.69, 9.17) is 11.6 Å². The second-order valence-electron chi connectivity index (χ2n) is 5.35. The Labute approximate surface area is 109 Å². The number of nitrogens with zero attached hydrogens (tertiary/aromatic N) is 2. The van der Waals surface area contributed by atoms with E-state index in [1.165, 1.54) is 37.8 Å². The van der Waals surface area contributed by atoms with Crippen molar-refractivity contribution in [3.05, 3.63) is 18.0 Å². The highest BCUT2D eigenvalue weighted by Gasteiger charge is 2.28. The SMILES string of the molecule is CCC1CCC(Cl)C(CCc2ccnn2C)C1. The molecule has 3 heteroatoms. The molecule has 1 aromatic rings. The molecule has 1 saturated carbocycles. The predicted octanol–water partition coefficient (Wildman–Crippen LogP) is 3.79. The van der Waals surface area contributed by atoms with Crippen LogP contribution in [0.2, 0.25) is 0 Å². The van der Waals surface area contributed by atoms with E-state index in [1.807, 2.05) is 17.9 Å². The van der Waals surface area contributed by atoms with Gasteiger partial charge < -0.3 is 0 Å². The Kier molecular flexibility index (Phi) is 4.49. The fourth-order valence-corrected chi connectivity index (χ4v) is 3.33. The average Bonchev–Trinajstić information content (AvgIpc) is 2.74. The number of hydrogen-bond donors (Lipinski definition) is 0. The molecule has 0 saturated heterocycles. The second-order valence-corrected chi connectivity index (χ2v) is 5.91. The summed E-state index contributed by atoms with van der Waals surface area (Å²) in [5.74, 6) is 1.60. The van der Waals surface area contributed by atoms with Gasteiger partial charge in [-0.25, -0.2) is 0 Å². The van der Waals surface area contributed by atoms with Gasteiger partial charge in [0.1, 0.15) is 0 Å². The lowest BCUT2D eigenvalue weighted by Crippen LogP contribution is -2.25. The predicted molar refractivity (Wildman–Crippen MR) is 72.3 cm³/mol. The van der Waals surface area contributed by atoms with Crippen molar-refractivity contribution in [3.63, 3.8) is 0 Å². The summed E-state index contributed by atoms with van der Waals surface area (Å²) in [5.41, 5.74) is 1.33. The Morgan fingerprint density at radius 1 is 1.47 bits per heavy atom. The van der Waals surface area contributed by atoms with Crippen LogP contribution in [-0.2, 0) is 13.5 Å². The molecular weight excluding hydrogens is 232 g/mol. The van der Waals surface area contributed by atoms with Gasteiger partial charge >= 0.3 is 0 Å². The van der Waals surface area contributed by atoms with Crippen LogP contribution < -0.4 is 0 Å². The number of hydrogen-bond acceptors (Lipinski definition) is 1.